The fraction of sp³-hybridized carbons (Fsp3) is 1.00. The molecule has 0 aromatic rings. The molecule has 0 aliphatic carbocycles. The van der Waals surface area contributed by atoms with Crippen molar-refractivity contribution < 1.29 is 20.4 Å². The Morgan fingerprint density at radius 2 is 0.457 bits per heavy atom. The SMILES string of the molecule is CCCCCCCCCCCCCCC(O)CN(CCCSSCCN1CC(C)N(CCSSCCCN(CC(O)CCCCCCCCCCCCCC)CC(O)CCCCCCCCCCCCCC)CC1C)CC(O)CCCCCCCCCCCCCC. The van der Waals surface area contributed by atoms with Crippen LogP contribution < -0.4 is 0 Å². The van der Waals surface area contributed by atoms with Crippen LogP contribution in [0.15, 0.2) is 0 Å². The predicted octanol–water partition coefficient (Wildman–Crippen LogP) is 23.3. The third-order valence-corrected chi connectivity index (χ3v) is 25.1. The van der Waals surface area contributed by atoms with Crippen LogP contribution in [0.25, 0.3) is 0 Å². The number of piperazine rings is 1. The number of aliphatic hydroxyl groups is 4. The summed E-state index contributed by atoms with van der Waals surface area (Å²) in [6.45, 7) is 23.3. The van der Waals surface area contributed by atoms with Gasteiger partial charge in [0.15, 0.2) is 0 Å². The van der Waals surface area contributed by atoms with Crippen LogP contribution in [-0.4, -0.2) is 165 Å². The van der Waals surface area contributed by atoms with E-state index in [1.54, 1.807) is 0 Å². The van der Waals surface area contributed by atoms with E-state index < -0.39 is 0 Å². The maximum Gasteiger partial charge on any atom is 0.0667 e. The number of rotatable bonds is 76. The number of hydrogen-bond acceptors (Lipinski definition) is 12. The lowest BCUT2D eigenvalue weighted by Gasteiger charge is -2.44. The lowest BCUT2D eigenvalue weighted by atomic mass is 10.0. The Morgan fingerprint density at radius 1 is 0.272 bits per heavy atom. The summed E-state index contributed by atoms with van der Waals surface area (Å²) in [5.74, 6) is 4.54. The van der Waals surface area contributed by atoms with Gasteiger partial charge in [-0.3, -0.25) is 19.6 Å². The molecule has 0 spiro atoms. The highest BCUT2D eigenvalue weighted by molar-refractivity contribution is 8.77. The number of nitrogens with zero attached hydrogens (tertiary/aromatic N) is 4. The Kier molecular flexibility index (Phi) is 71.2. The van der Waals surface area contributed by atoms with Gasteiger partial charge in [-0.05, 0) is 65.5 Å². The van der Waals surface area contributed by atoms with Gasteiger partial charge < -0.3 is 20.4 Å². The van der Waals surface area contributed by atoms with Crippen molar-refractivity contribution in [3.8, 4) is 0 Å². The summed E-state index contributed by atoms with van der Waals surface area (Å²) in [6, 6.07) is 1.14. The van der Waals surface area contributed by atoms with Gasteiger partial charge in [0, 0.05) is 87.5 Å². The first-order valence-electron chi connectivity index (χ1n) is 41.3. The molecule has 0 radical (unpaired) electrons. The molecule has 0 amide bonds. The Labute approximate surface area is 592 Å². The van der Waals surface area contributed by atoms with E-state index in [9.17, 15) is 20.4 Å². The van der Waals surface area contributed by atoms with Crippen molar-refractivity contribution in [3.05, 3.63) is 0 Å². The fourth-order valence-corrected chi connectivity index (χ4v) is 18.2. The molecule has 0 aromatic heterocycles. The highest BCUT2D eigenvalue weighted by Gasteiger charge is 2.28. The van der Waals surface area contributed by atoms with Crippen LogP contribution >= 0.6 is 43.2 Å². The molecule has 1 saturated heterocycles. The van der Waals surface area contributed by atoms with Crippen LogP contribution in [0.5, 0.6) is 0 Å². The first kappa shape index (κ1) is 91.1. The average Bonchev–Trinajstić information content (AvgIpc) is 2.77. The molecule has 0 saturated carbocycles. The highest BCUT2D eigenvalue weighted by Crippen LogP contribution is 2.27. The van der Waals surface area contributed by atoms with Crippen molar-refractivity contribution >= 4 is 43.2 Å². The van der Waals surface area contributed by atoms with E-state index in [1.165, 1.54) is 283 Å². The van der Waals surface area contributed by atoms with E-state index in [0.29, 0.717) is 38.3 Å². The van der Waals surface area contributed by atoms with Crippen LogP contribution in [0.1, 0.15) is 388 Å². The Balaban J connectivity index is 2.46. The Hall–Kier alpha value is 1.08. The molecular weight excluding hydrogens is 1210 g/mol. The molecule has 4 N–H and O–H groups in total. The Bertz CT molecular complexity index is 1260. The van der Waals surface area contributed by atoms with E-state index >= 15 is 0 Å². The van der Waals surface area contributed by atoms with Crippen LogP contribution in [0, 0.1) is 0 Å². The summed E-state index contributed by atoms with van der Waals surface area (Å²) in [5, 5.41) is 44.9. The van der Waals surface area contributed by atoms with Crippen LogP contribution in [0.2, 0.25) is 0 Å². The summed E-state index contributed by atoms with van der Waals surface area (Å²) in [5.41, 5.74) is 0. The van der Waals surface area contributed by atoms with Gasteiger partial charge in [0.25, 0.3) is 0 Å². The van der Waals surface area contributed by atoms with Gasteiger partial charge in [-0.1, -0.05) is 379 Å². The van der Waals surface area contributed by atoms with E-state index in [1.807, 2.05) is 43.2 Å². The zero-order valence-corrected chi connectivity index (χ0v) is 66.0. The highest BCUT2D eigenvalue weighted by atomic mass is 33.1. The first-order chi connectivity index (χ1) is 45.1. The topological polar surface area (TPSA) is 93.9 Å². The maximum absolute atomic E-state index is 11.2. The summed E-state index contributed by atoms with van der Waals surface area (Å²) in [6.07, 6.45) is 69.0. The standard InChI is InChI=1S/C80H164N4O4S4/c1-7-11-15-19-23-27-31-35-39-43-47-51-57-77(85)71-81(72-78(86)58-52-48-44-40-36-32-28-24-20-16-12-8-2)61-55-65-89-91-67-63-83-69-76(6)84(70-75(83)5)64-68-92-90-66-56-62-82(73-79(87)59-53-49-45-41-37-33-29-25-21-17-13-9-3)74-80(88)60-54-50-46-42-38-34-30-26-22-18-14-10-4/h75-80,85-88H,7-74H2,1-6H3. The quantitative estimate of drug-likeness (QED) is 0.0345. The van der Waals surface area contributed by atoms with Gasteiger partial charge in [0.2, 0.25) is 0 Å². The zero-order chi connectivity index (χ0) is 66.7. The van der Waals surface area contributed by atoms with Gasteiger partial charge in [0.1, 0.15) is 0 Å². The van der Waals surface area contributed by atoms with E-state index in [0.717, 1.165) is 126 Å². The van der Waals surface area contributed by atoms with Crippen LogP contribution in [-0.2, 0) is 0 Å². The van der Waals surface area contributed by atoms with Gasteiger partial charge in [0.05, 0.1) is 24.4 Å². The van der Waals surface area contributed by atoms with Crippen molar-refractivity contribution in [1.29, 1.82) is 0 Å². The van der Waals surface area contributed by atoms with Gasteiger partial charge in [-0.2, -0.15) is 0 Å². The van der Waals surface area contributed by atoms with Crippen molar-refractivity contribution in [1.82, 2.24) is 19.6 Å². The summed E-state index contributed by atoms with van der Waals surface area (Å²) in [7, 11) is 8.12. The second-order valence-electron chi connectivity index (χ2n) is 29.5. The van der Waals surface area contributed by atoms with Crippen molar-refractivity contribution in [2.45, 2.75) is 425 Å². The second-order valence-corrected chi connectivity index (χ2v) is 34.9. The predicted molar refractivity (Wildman–Crippen MR) is 421 cm³/mol. The average molecular weight is 1370 g/mol. The molecule has 1 fully saturated rings. The molecule has 0 bridgehead atoms. The van der Waals surface area contributed by atoms with Crippen LogP contribution in [0.4, 0.5) is 0 Å². The number of hydrogen-bond donors (Lipinski definition) is 4. The molecule has 1 aliphatic rings. The lowest BCUT2D eigenvalue weighted by molar-refractivity contribution is 0.0516. The zero-order valence-electron chi connectivity index (χ0n) is 62.8. The van der Waals surface area contributed by atoms with Crippen molar-refractivity contribution in [2.24, 2.45) is 0 Å². The summed E-state index contributed by atoms with van der Waals surface area (Å²) in [4.78, 5) is 10.3. The van der Waals surface area contributed by atoms with E-state index in [2.05, 4.69) is 61.1 Å². The van der Waals surface area contributed by atoms with Gasteiger partial charge in [-0.25, -0.2) is 0 Å². The molecule has 12 heteroatoms. The van der Waals surface area contributed by atoms with Crippen molar-refractivity contribution in [2.75, 3.05) is 88.5 Å². The van der Waals surface area contributed by atoms with Gasteiger partial charge in [-0.15, -0.1) is 0 Å². The van der Waals surface area contributed by atoms with Crippen molar-refractivity contribution in [3.63, 3.8) is 0 Å². The molecule has 6 unspecified atom stereocenters. The summed E-state index contributed by atoms with van der Waals surface area (Å²) < 4.78 is 0. The minimum absolute atomic E-state index is 0.301. The molecule has 8 nitrogen and oxygen atoms in total. The minimum atomic E-state index is -0.301. The van der Waals surface area contributed by atoms with Gasteiger partial charge >= 0.3 is 0 Å². The molecule has 0 aromatic carbocycles. The fourth-order valence-electron chi connectivity index (χ4n) is 14.1. The van der Waals surface area contributed by atoms with Crippen LogP contribution in [0.3, 0.4) is 0 Å². The smallest absolute Gasteiger partial charge is 0.0667 e. The maximum atomic E-state index is 11.2. The van der Waals surface area contributed by atoms with E-state index in [4.69, 9.17) is 0 Å². The monoisotopic (exact) mass is 1370 g/mol. The third kappa shape index (κ3) is 62.1. The summed E-state index contributed by atoms with van der Waals surface area (Å²) >= 11 is 0. The number of unbranched alkanes of at least 4 members (excludes halogenated alkanes) is 44. The normalized spacial score (nSPS) is 16.4. The first-order valence-corrected chi connectivity index (χ1v) is 46.2. The lowest BCUT2D eigenvalue weighted by Crippen LogP contribution is -2.57. The molecule has 6 atom stereocenters. The second kappa shape index (κ2) is 71.9. The molecule has 1 heterocycles. The van der Waals surface area contributed by atoms with E-state index in [-0.39, 0.29) is 24.4 Å². The largest absolute Gasteiger partial charge is 0.392 e. The molecular formula is C80H164N4O4S4. The Morgan fingerprint density at radius 3 is 0.663 bits per heavy atom. The third-order valence-electron chi connectivity index (χ3n) is 20.2. The molecule has 552 valence electrons. The molecule has 1 aliphatic heterocycles. The minimum Gasteiger partial charge on any atom is -0.392 e. The molecule has 92 heavy (non-hydrogen) atoms. The number of aliphatic hydroxyl groups excluding tert-OH is 4. The molecule has 1 rings (SSSR count).